The summed E-state index contributed by atoms with van der Waals surface area (Å²) in [6.07, 6.45) is -2.04. The van der Waals surface area contributed by atoms with Crippen molar-refractivity contribution >= 4 is 52.8 Å². The highest BCUT2D eigenvalue weighted by Gasteiger charge is 2.46. The van der Waals surface area contributed by atoms with Gasteiger partial charge in [-0.15, -0.1) is 0 Å². The van der Waals surface area contributed by atoms with Gasteiger partial charge in [0.1, 0.15) is 18.4 Å². The number of amides is 4. The van der Waals surface area contributed by atoms with E-state index in [4.69, 9.17) is 31.2 Å². The summed E-state index contributed by atoms with van der Waals surface area (Å²) >= 11 is 6.30. The third-order valence-electron chi connectivity index (χ3n) is 13.1. The first-order valence-electron chi connectivity index (χ1n) is 21.8. The van der Waals surface area contributed by atoms with Gasteiger partial charge in [-0.3, -0.25) is 39.2 Å². The Hall–Kier alpha value is -6.62. The fourth-order valence-corrected chi connectivity index (χ4v) is 9.39. The lowest BCUT2D eigenvalue weighted by molar-refractivity contribution is -0.192. The van der Waals surface area contributed by atoms with Gasteiger partial charge >= 0.3 is 12.1 Å². The number of piperazine rings is 1. The van der Waals surface area contributed by atoms with Crippen LogP contribution in [0.4, 0.5) is 24.8 Å². The molecule has 6 heterocycles. The molecule has 1 aromatic heterocycles. The molecule has 4 saturated heterocycles. The number of fused-ring (bicyclic) bond motifs is 1. The molecular weight excluding hydrogens is 895 g/mol. The number of halogens is 4. The van der Waals surface area contributed by atoms with Crippen LogP contribution in [0.1, 0.15) is 76.2 Å². The molecule has 9 rings (SSSR count). The van der Waals surface area contributed by atoms with Crippen molar-refractivity contribution in [1.29, 1.82) is 5.26 Å². The quantitative estimate of drug-likeness (QED) is 0.201. The van der Waals surface area contributed by atoms with E-state index < -0.39 is 35.9 Å². The molecule has 4 amide bonds. The zero-order valence-corrected chi connectivity index (χ0v) is 37.4. The maximum absolute atomic E-state index is 13.4. The van der Waals surface area contributed by atoms with E-state index in [2.05, 4.69) is 49.8 Å². The van der Waals surface area contributed by atoms with Gasteiger partial charge in [-0.2, -0.15) is 18.4 Å². The molecule has 20 heteroatoms. The SMILES string of the molecule is CC(C)(c1ccc(OCc2ccnc(N3CCN(C4CN(C5CCN(c6ccc7c(c6)C(=O)N(C6CCC(=O)NC6=O)C7=O)C5)C4)CC3)n2)cc1)c1cc(Cl)cc(C#N)c1.O=C(O)C(F)(F)F. The molecule has 2 N–H and O–H groups in total. The number of alkyl halides is 3. The van der Waals surface area contributed by atoms with Gasteiger partial charge < -0.3 is 19.6 Å². The standard InChI is InChI=1S/C45H46ClN9O5.C2HF3O2/c1-45(2,30-19-28(23-47)20-31(46)21-30)29-3-6-36(7-4-29)60-27-32-11-13-48-44(49-32)52-17-15-51(16-18-52)35-25-54(26-35)34-12-14-53(24-34)33-5-8-37-38(22-33)43(59)55(42(37)58)39-9-10-40(56)50-41(39)57;3-2(4,5)1(6)7/h3-8,11,13,19-22,34-35,39H,9-10,12,14-18,24-27H2,1-2H3,(H,50,56,57);(H,6,7). The van der Waals surface area contributed by atoms with Crippen LogP contribution in [-0.2, 0) is 26.4 Å². The predicted molar refractivity (Wildman–Crippen MR) is 238 cm³/mol. The lowest BCUT2D eigenvalue weighted by Crippen LogP contribution is -2.65. The number of rotatable bonds is 10. The average molecular weight is 942 g/mol. The van der Waals surface area contributed by atoms with Gasteiger partial charge in [0.2, 0.25) is 17.8 Å². The number of carboxylic acids is 1. The summed E-state index contributed by atoms with van der Waals surface area (Å²) in [6, 6.07) is 22.9. The summed E-state index contributed by atoms with van der Waals surface area (Å²) in [5.74, 6) is -3.26. The third-order valence-corrected chi connectivity index (χ3v) is 13.3. The first-order valence-corrected chi connectivity index (χ1v) is 22.2. The van der Waals surface area contributed by atoms with Crippen LogP contribution in [0.5, 0.6) is 5.75 Å². The highest BCUT2D eigenvalue weighted by atomic mass is 35.5. The van der Waals surface area contributed by atoms with Crippen molar-refractivity contribution in [3.05, 3.63) is 111 Å². The minimum Gasteiger partial charge on any atom is -0.487 e. The molecule has 2 unspecified atom stereocenters. The first-order chi connectivity index (χ1) is 31.9. The molecule has 5 aliphatic rings. The minimum atomic E-state index is -5.08. The van der Waals surface area contributed by atoms with Crippen LogP contribution < -0.4 is 19.9 Å². The topological polar surface area (TPSA) is 193 Å². The highest BCUT2D eigenvalue weighted by Crippen LogP contribution is 2.36. The van der Waals surface area contributed by atoms with E-state index in [0.29, 0.717) is 46.4 Å². The number of carbonyl (C=O) groups is 5. The smallest absolute Gasteiger partial charge is 0.487 e. The van der Waals surface area contributed by atoms with Gasteiger partial charge in [0, 0.05) is 93.2 Å². The zero-order chi connectivity index (χ0) is 47.8. The summed E-state index contributed by atoms with van der Waals surface area (Å²) in [5.41, 5.74) is 4.56. The number of nitrogens with zero attached hydrogens (tertiary/aromatic N) is 8. The summed E-state index contributed by atoms with van der Waals surface area (Å²) in [4.78, 5) is 79.6. The Balaban J connectivity index is 0.000000807. The molecule has 4 aromatic rings. The summed E-state index contributed by atoms with van der Waals surface area (Å²) < 4.78 is 37.9. The van der Waals surface area contributed by atoms with Gasteiger partial charge in [0.25, 0.3) is 11.8 Å². The largest absolute Gasteiger partial charge is 0.490 e. The van der Waals surface area contributed by atoms with Crippen LogP contribution in [-0.4, -0.2) is 136 Å². The molecule has 0 aliphatic carbocycles. The molecule has 0 bridgehead atoms. The van der Waals surface area contributed by atoms with Crippen LogP contribution >= 0.6 is 11.6 Å². The van der Waals surface area contributed by atoms with Crippen molar-refractivity contribution in [2.24, 2.45) is 0 Å². The first kappa shape index (κ1) is 46.9. The van der Waals surface area contributed by atoms with Crippen molar-refractivity contribution in [2.45, 2.75) is 69.4 Å². The summed E-state index contributed by atoms with van der Waals surface area (Å²) in [7, 11) is 0. The number of aromatic nitrogens is 2. The number of anilines is 2. The van der Waals surface area contributed by atoms with Gasteiger partial charge in [0.05, 0.1) is 28.5 Å². The van der Waals surface area contributed by atoms with Crippen molar-refractivity contribution in [1.82, 2.24) is 30.0 Å². The van der Waals surface area contributed by atoms with Crippen LogP contribution in [0.25, 0.3) is 0 Å². The fourth-order valence-electron chi connectivity index (χ4n) is 9.16. The number of carbonyl (C=O) groups excluding carboxylic acids is 4. The van der Waals surface area contributed by atoms with Gasteiger partial charge in [0.15, 0.2) is 0 Å². The van der Waals surface area contributed by atoms with Crippen molar-refractivity contribution < 1.29 is 47.0 Å². The molecule has 350 valence electrons. The molecule has 0 radical (unpaired) electrons. The number of imide groups is 2. The second-order valence-corrected chi connectivity index (χ2v) is 18.1. The van der Waals surface area contributed by atoms with Crippen molar-refractivity contribution in [2.75, 3.05) is 62.2 Å². The summed E-state index contributed by atoms with van der Waals surface area (Å²) in [5, 5.41) is 19.3. The van der Waals surface area contributed by atoms with E-state index in [0.717, 1.165) is 91.9 Å². The number of benzene rings is 3. The van der Waals surface area contributed by atoms with E-state index in [1.54, 1.807) is 24.4 Å². The maximum Gasteiger partial charge on any atom is 0.490 e. The zero-order valence-electron chi connectivity index (χ0n) is 36.6. The number of hydrogen-bond acceptors (Lipinski definition) is 13. The second-order valence-electron chi connectivity index (χ2n) is 17.6. The number of likely N-dealkylation sites (tertiary alicyclic amines) is 1. The van der Waals surface area contributed by atoms with Crippen LogP contribution in [0.3, 0.4) is 0 Å². The number of piperidine rings is 1. The van der Waals surface area contributed by atoms with Crippen LogP contribution in [0.15, 0.2) is 72.9 Å². The second kappa shape index (κ2) is 18.9. The lowest BCUT2D eigenvalue weighted by Gasteiger charge is -2.50. The lowest BCUT2D eigenvalue weighted by atomic mass is 9.78. The average Bonchev–Trinajstić information content (AvgIpc) is 3.87. The van der Waals surface area contributed by atoms with E-state index in [1.165, 1.54) is 0 Å². The van der Waals surface area contributed by atoms with Gasteiger partial charge in [-0.25, -0.2) is 14.8 Å². The monoisotopic (exact) mass is 941 g/mol. The molecule has 4 fully saturated rings. The van der Waals surface area contributed by atoms with Crippen molar-refractivity contribution in [3.8, 4) is 11.8 Å². The molecule has 5 aliphatic heterocycles. The predicted octanol–water partition coefficient (Wildman–Crippen LogP) is 5.03. The Morgan fingerprint density at radius 1 is 0.851 bits per heavy atom. The van der Waals surface area contributed by atoms with Gasteiger partial charge in [-0.05, 0) is 78.6 Å². The van der Waals surface area contributed by atoms with E-state index in [1.807, 2.05) is 48.5 Å². The number of ether oxygens (including phenoxy) is 1. The van der Waals surface area contributed by atoms with E-state index in [9.17, 15) is 37.6 Å². The molecule has 0 saturated carbocycles. The fraction of sp³-hybridized carbons (Fsp3) is 0.404. The molecule has 16 nitrogen and oxygen atoms in total. The summed E-state index contributed by atoms with van der Waals surface area (Å²) in [6.45, 7) is 11.8. The molecule has 2 atom stereocenters. The molecule has 3 aromatic carbocycles. The number of hydrogen-bond donors (Lipinski definition) is 2. The Morgan fingerprint density at radius 2 is 1.55 bits per heavy atom. The molecular formula is C47H47ClF3N9O7. The highest BCUT2D eigenvalue weighted by molar-refractivity contribution is 6.30. The Morgan fingerprint density at radius 3 is 2.22 bits per heavy atom. The third kappa shape index (κ3) is 10.1. The maximum atomic E-state index is 13.4. The molecule has 67 heavy (non-hydrogen) atoms. The van der Waals surface area contributed by atoms with E-state index >= 15 is 0 Å². The Labute approximate surface area is 388 Å². The number of nitrogens with one attached hydrogen (secondary N) is 1. The Kier molecular flexibility index (Phi) is 13.3. The molecule has 0 spiro atoms. The Bertz CT molecular complexity index is 2630. The normalized spacial score (nSPS) is 20.5. The number of nitriles is 1. The minimum absolute atomic E-state index is 0.0942. The number of aliphatic carboxylic acids is 1. The van der Waals surface area contributed by atoms with Gasteiger partial charge in [-0.1, -0.05) is 37.6 Å². The van der Waals surface area contributed by atoms with E-state index in [-0.39, 0.29) is 24.2 Å². The van der Waals surface area contributed by atoms with Crippen LogP contribution in [0.2, 0.25) is 5.02 Å². The van der Waals surface area contributed by atoms with Crippen molar-refractivity contribution in [3.63, 3.8) is 0 Å². The number of carboxylic acid groups (broad SMARTS) is 1. The van der Waals surface area contributed by atoms with Crippen LogP contribution in [0, 0.1) is 11.3 Å².